The van der Waals surface area contributed by atoms with Gasteiger partial charge in [-0.3, -0.25) is 4.79 Å². The summed E-state index contributed by atoms with van der Waals surface area (Å²) in [6, 6.07) is 0.0780. The Balaban J connectivity index is 2.53. The summed E-state index contributed by atoms with van der Waals surface area (Å²) in [5.41, 5.74) is 5.79. The molecular weight excluding hydrogens is 138 g/mol. The third kappa shape index (κ3) is 1.90. The van der Waals surface area contributed by atoms with Crippen LogP contribution in [0.25, 0.3) is 0 Å². The monoisotopic (exact) mass is 153 g/mol. The summed E-state index contributed by atoms with van der Waals surface area (Å²) >= 11 is 0. The van der Waals surface area contributed by atoms with E-state index in [1.165, 1.54) is 12.5 Å². The van der Waals surface area contributed by atoms with Crippen LogP contribution in [-0.2, 0) is 4.79 Å². The van der Waals surface area contributed by atoms with E-state index in [0.717, 1.165) is 19.3 Å². The molecule has 0 aromatic heterocycles. The molecule has 0 saturated heterocycles. The maximum absolute atomic E-state index is 11.2. The van der Waals surface area contributed by atoms with Crippen LogP contribution in [0.15, 0.2) is 12.7 Å². The quantitative estimate of drug-likeness (QED) is 0.607. The highest BCUT2D eigenvalue weighted by Gasteiger charge is 2.25. The van der Waals surface area contributed by atoms with Crippen LogP contribution in [0.2, 0.25) is 0 Å². The van der Waals surface area contributed by atoms with Crippen molar-refractivity contribution >= 4 is 5.78 Å². The van der Waals surface area contributed by atoms with Crippen LogP contribution < -0.4 is 5.73 Å². The Hall–Kier alpha value is -0.630. The van der Waals surface area contributed by atoms with Crippen LogP contribution in [0.5, 0.6) is 0 Å². The highest BCUT2D eigenvalue weighted by atomic mass is 16.1. The standard InChI is InChI=1S/C9H15NO/c1-2-9(11)7-5-3-4-6-8(7)10/h2,7-8H,1,3-6,10H2/t7-,8+/m0/s1. The zero-order valence-corrected chi connectivity index (χ0v) is 6.75. The molecule has 1 aliphatic carbocycles. The van der Waals surface area contributed by atoms with Gasteiger partial charge >= 0.3 is 0 Å². The highest BCUT2D eigenvalue weighted by molar-refractivity contribution is 5.91. The van der Waals surface area contributed by atoms with Crippen LogP contribution in [0.3, 0.4) is 0 Å². The third-order valence-corrected chi connectivity index (χ3v) is 2.39. The molecule has 0 aromatic rings. The lowest BCUT2D eigenvalue weighted by molar-refractivity contribution is -0.119. The van der Waals surface area contributed by atoms with Gasteiger partial charge < -0.3 is 5.73 Å². The van der Waals surface area contributed by atoms with Gasteiger partial charge in [0.2, 0.25) is 0 Å². The number of allylic oxidation sites excluding steroid dienone is 1. The van der Waals surface area contributed by atoms with Crippen molar-refractivity contribution in [2.24, 2.45) is 11.7 Å². The van der Waals surface area contributed by atoms with E-state index in [4.69, 9.17) is 5.73 Å². The van der Waals surface area contributed by atoms with Gasteiger partial charge in [0, 0.05) is 12.0 Å². The predicted octanol–water partition coefficient (Wildman–Crippen LogP) is 1.26. The van der Waals surface area contributed by atoms with E-state index >= 15 is 0 Å². The van der Waals surface area contributed by atoms with E-state index in [0.29, 0.717) is 0 Å². The van der Waals surface area contributed by atoms with Crippen molar-refractivity contribution in [3.05, 3.63) is 12.7 Å². The first kappa shape index (κ1) is 8.47. The lowest BCUT2D eigenvalue weighted by Gasteiger charge is -2.26. The largest absolute Gasteiger partial charge is 0.327 e. The molecule has 0 aromatic carbocycles. The molecule has 11 heavy (non-hydrogen) atoms. The summed E-state index contributed by atoms with van der Waals surface area (Å²) in [6.07, 6.45) is 5.64. The summed E-state index contributed by atoms with van der Waals surface area (Å²) in [4.78, 5) is 11.2. The minimum absolute atomic E-state index is 0.0567. The second-order valence-electron chi connectivity index (χ2n) is 3.16. The fraction of sp³-hybridized carbons (Fsp3) is 0.667. The van der Waals surface area contributed by atoms with Crippen LogP contribution in [-0.4, -0.2) is 11.8 Å². The molecule has 0 amide bonds. The van der Waals surface area contributed by atoms with E-state index in [1.807, 2.05) is 0 Å². The minimum Gasteiger partial charge on any atom is -0.327 e. The Morgan fingerprint density at radius 3 is 2.64 bits per heavy atom. The summed E-state index contributed by atoms with van der Waals surface area (Å²) < 4.78 is 0. The smallest absolute Gasteiger partial charge is 0.159 e. The molecular formula is C9H15NO. The van der Waals surface area contributed by atoms with Gasteiger partial charge in [-0.1, -0.05) is 19.4 Å². The molecule has 0 radical (unpaired) electrons. The molecule has 0 spiro atoms. The number of ketones is 1. The number of carbonyl (C=O) groups excluding carboxylic acids is 1. The van der Waals surface area contributed by atoms with Gasteiger partial charge in [0.15, 0.2) is 5.78 Å². The maximum atomic E-state index is 11.2. The summed E-state index contributed by atoms with van der Waals surface area (Å²) in [5.74, 6) is 0.179. The lowest BCUT2D eigenvalue weighted by Crippen LogP contribution is -2.37. The van der Waals surface area contributed by atoms with Crippen LogP contribution in [0.1, 0.15) is 25.7 Å². The molecule has 1 aliphatic rings. The number of carbonyl (C=O) groups is 1. The number of rotatable bonds is 2. The molecule has 0 bridgehead atoms. The van der Waals surface area contributed by atoms with Crippen molar-refractivity contribution < 1.29 is 4.79 Å². The van der Waals surface area contributed by atoms with E-state index in [1.54, 1.807) is 0 Å². The maximum Gasteiger partial charge on any atom is 0.159 e. The molecule has 0 heterocycles. The van der Waals surface area contributed by atoms with Gasteiger partial charge in [0.1, 0.15) is 0 Å². The van der Waals surface area contributed by atoms with Gasteiger partial charge in [-0.15, -0.1) is 0 Å². The zero-order chi connectivity index (χ0) is 8.27. The van der Waals surface area contributed by atoms with Crippen molar-refractivity contribution in [2.75, 3.05) is 0 Å². The Bertz CT molecular complexity index is 165. The molecule has 2 atom stereocenters. The topological polar surface area (TPSA) is 43.1 Å². The lowest BCUT2D eigenvalue weighted by atomic mass is 9.82. The summed E-state index contributed by atoms with van der Waals surface area (Å²) in [6.45, 7) is 3.47. The fourth-order valence-electron chi connectivity index (χ4n) is 1.66. The number of nitrogens with two attached hydrogens (primary N) is 1. The Morgan fingerprint density at radius 1 is 1.45 bits per heavy atom. The molecule has 0 unspecified atom stereocenters. The Kier molecular flexibility index (Phi) is 2.83. The van der Waals surface area contributed by atoms with E-state index in [9.17, 15) is 4.79 Å². The normalized spacial score (nSPS) is 31.4. The first-order valence-electron chi connectivity index (χ1n) is 4.17. The third-order valence-electron chi connectivity index (χ3n) is 2.39. The van der Waals surface area contributed by atoms with E-state index < -0.39 is 0 Å². The fourth-order valence-corrected chi connectivity index (χ4v) is 1.66. The van der Waals surface area contributed by atoms with Crippen LogP contribution >= 0.6 is 0 Å². The van der Waals surface area contributed by atoms with Crippen LogP contribution in [0.4, 0.5) is 0 Å². The highest BCUT2D eigenvalue weighted by Crippen LogP contribution is 2.23. The minimum atomic E-state index is 0.0567. The summed E-state index contributed by atoms with van der Waals surface area (Å²) in [7, 11) is 0. The number of hydrogen-bond acceptors (Lipinski definition) is 2. The predicted molar refractivity (Wildman–Crippen MR) is 45.1 cm³/mol. The molecule has 2 N–H and O–H groups in total. The molecule has 2 nitrogen and oxygen atoms in total. The Labute approximate surface area is 67.5 Å². The first-order chi connectivity index (χ1) is 5.25. The van der Waals surface area contributed by atoms with E-state index in [2.05, 4.69) is 6.58 Å². The van der Waals surface area contributed by atoms with E-state index in [-0.39, 0.29) is 17.7 Å². The summed E-state index contributed by atoms with van der Waals surface area (Å²) in [5, 5.41) is 0. The average molecular weight is 153 g/mol. The molecule has 1 fully saturated rings. The van der Waals surface area contributed by atoms with Crippen molar-refractivity contribution in [1.82, 2.24) is 0 Å². The van der Waals surface area contributed by atoms with Crippen molar-refractivity contribution in [3.63, 3.8) is 0 Å². The average Bonchev–Trinajstić information content (AvgIpc) is 2.04. The van der Waals surface area contributed by atoms with Crippen molar-refractivity contribution in [1.29, 1.82) is 0 Å². The zero-order valence-electron chi connectivity index (χ0n) is 6.75. The second-order valence-corrected chi connectivity index (χ2v) is 3.16. The van der Waals surface area contributed by atoms with Crippen molar-refractivity contribution in [3.8, 4) is 0 Å². The molecule has 62 valence electrons. The van der Waals surface area contributed by atoms with Gasteiger partial charge in [-0.25, -0.2) is 0 Å². The SMILES string of the molecule is C=CC(=O)[C@H]1CCCC[C@H]1N. The number of hydrogen-bond donors (Lipinski definition) is 1. The molecule has 1 rings (SSSR count). The molecule has 0 aliphatic heterocycles. The van der Waals surface area contributed by atoms with Crippen LogP contribution in [0, 0.1) is 5.92 Å². The molecule has 1 saturated carbocycles. The van der Waals surface area contributed by atoms with Gasteiger partial charge in [-0.05, 0) is 18.9 Å². The first-order valence-corrected chi connectivity index (χ1v) is 4.17. The Morgan fingerprint density at radius 2 is 2.09 bits per heavy atom. The second kappa shape index (κ2) is 3.67. The van der Waals surface area contributed by atoms with Gasteiger partial charge in [0.05, 0.1) is 0 Å². The van der Waals surface area contributed by atoms with Crippen molar-refractivity contribution in [2.45, 2.75) is 31.7 Å². The molecule has 2 heteroatoms. The van der Waals surface area contributed by atoms with Gasteiger partial charge in [0.25, 0.3) is 0 Å². The van der Waals surface area contributed by atoms with Gasteiger partial charge in [-0.2, -0.15) is 0 Å².